The molecule has 0 N–H and O–H groups in total. The minimum Gasteiger partial charge on any atom is -0.381 e. The average Bonchev–Trinajstić information content (AvgIpc) is 2.94. The van der Waals surface area contributed by atoms with Crippen LogP contribution in [0.15, 0.2) is 12.2 Å². The largest absolute Gasteiger partial charge is 0.381 e. The van der Waals surface area contributed by atoms with Gasteiger partial charge in [0.1, 0.15) is 0 Å². The molecular formula is C15H26N2O. The fraction of sp³-hybridized carbons (Fsp3) is 0.867. The average molecular weight is 250 g/mol. The van der Waals surface area contributed by atoms with Crippen molar-refractivity contribution in [2.75, 3.05) is 45.9 Å². The van der Waals surface area contributed by atoms with Crippen LogP contribution in [0, 0.1) is 5.92 Å². The minimum absolute atomic E-state index is 0.732. The molecule has 0 amide bonds. The number of hydrogen-bond donors (Lipinski definition) is 0. The molecule has 0 spiro atoms. The summed E-state index contributed by atoms with van der Waals surface area (Å²) < 4.78 is 5.47. The highest BCUT2D eigenvalue weighted by Crippen LogP contribution is 2.19. The van der Waals surface area contributed by atoms with Gasteiger partial charge in [0, 0.05) is 45.4 Å². The second-order valence-electron chi connectivity index (χ2n) is 5.99. The summed E-state index contributed by atoms with van der Waals surface area (Å²) in [5, 5.41) is 0. The van der Waals surface area contributed by atoms with Crippen molar-refractivity contribution in [2.24, 2.45) is 5.92 Å². The van der Waals surface area contributed by atoms with Crippen LogP contribution in [0.2, 0.25) is 0 Å². The molecule has 0 saturated carbocycles. The van der Waals surface area contributed by atoms with E-state index in [-0.39, 0.29) is 0 Å². The maximum absolute atomic E-state index is 5.47. The van der Waals surface area contributed by atoms with Gasteiger partial charge in [-0.05, 0) is 31.6 Å². The Labute approximate surface area is 111 Å². The molecule has 3 heteroatoms. The van der Waals surface area contributed by atoms with Crippen molar-refractivity contribution in [1.82, 2.24) is 9.80 Å². The summed E-state index contributed by atoms with van der Waals surface area (Å²) in [5.41, 5.74) is 0. The van der Waals surface area contributed by atoms with Crippen molar-refractivity contribution < 1.29 is 4.74 Å². The van der Waals surface area contributed by atoms with Gasteiger partial charge in [-0.3, -0.25) is 4.90 Å². The number of rotatable bonds is 3. The van der Waals surface area contributed by atoms with Crippen molar-refractivity contribution >= 4 is 0 Å². The van der Waals surface area contributed by atoms with Gasteiger partial charge in [0.05, 0.1) is 6.61 Å². The van der Waals surface area contributed by atoms with Crippen LogP contribution in [-0.4, -0.2) is 61.8 Å². The summed E-state index contributed by atoms with van der Waals surface area (Å²) >= 11 is 0. The van der Waals surface area contributed by atoms with Crippen LogP contribution in [0.3, 0.4) is 0 Å². The summed E-state index contributed by atoms with van der Waals surface area (Å²) in [7, 11) is 0. The molecule has 0 radical (unpaired) electrons. The molecule has 2 saturated heterocycles. The highest BCUT2D eigenvalue weighted by molar-refractivity contribution is 4.99. The zero-order valence-electron chi connectivity index (χ0n) is 11.4. The van der Waals surface area contributed by atoms with Crippen LogP contribution in [0.25, 0.3) is 0 Å². The van der Waals surface area contributed by atoms with Gasteiger partial charge in [0.25, 0.3) is 0 Å². The highest BCUT2D eigenvalue weighted by Gasteiger charge is 2.25. The SMILES string of the molecule is C1=CC(N2CCN(CC3CCOC3)CC2)CCC1. The molecule has 2 heterocycles. The van der Waals surface area contributed by atoms with E-state index in [2.05, 4.69) is 22.0 Å². The standard InChI is InChI=1S/C15H26N2O/c1-2-4-15(5-3-1)17-9-7-16(8-10-17)12-14-6-11-18-13-14/h2,4,14-15H,1,3,5-13H2. The molecule has 3 aliphatic rings. The zero-order chi connectivity index (χ0) is 12.2. The Morgan fingerprint density at radius 2 is 2.00 bits per heavy atom. The molecule has 0 bridgehead atoms. The van der Waals surface area contributed by atoms with E-state index in [1.807, 2.05) is 0 Å². The van der Waals surface area contributed by atoms with E-state index >= 15 is 0 Å². The summed E-state index contributed by atoms with van der Waals surface area (Å²) in [6.45, 7) is 8.24. The molecular weight excluding hydrogens is 224 g/mol. The molecule has 18 heavy (non-hydrogen) atoms. The summed E-state index contributed by atoms with van der Waals surface area (Å²) in [6.07, 6.45) is 10.1. The monoisotopic (exact) mass is 250 g/mol. The molecule has 3 rings (SSSR count). The number of nitrogens with zero attached hydrogens (tertiary/aromatic N) is 2. The maximum Gasteiger partial charge on any atom is 0.0507 e. The Morgan fingerprint density at radius 3 is 2.67 bits per heavy atom. The van der Waals surface area contributed by atoms with Crippen molar-refractivity contribution in [1.29, 1.82) is 0 Å². The van der Waals surface area contributed by atoms with Crippen LogP contribution < -0.4 is 0 Å². The lowest BCUT2D eigenvalue weighted by Gasteiger charge is -2.39. The van der Waals surface area contributed by atoms with Gasteiger partial charge in [0.15, 0.2) is 0 Å². The second-order valence-corrected chi connectivity index (χ2v) is 5.99. The molecule has 2 fully saturated rings. The Kier molecular flexibility index (Phi) is 4.34. The van der Waals surface area contributed by atoms with Gasteiger partial charge in [-0.1, -0.05) is 12.2 Å². The van der Waals surface area contributed by atoms with Crippen molar-refractivity contribution in [2.45, 2.75) is 31.7 Å². The molecule has 3 nitrogen and oxygen atoms in total. The fourth-order valence-corrected chi connectivity index (χ4v) is 3.47. The van der Waals surface area contributed by atoms with E-state index in [1.165, 1.54) is 58.4 Å². The Bertz CT molecular complexity index is 278. The van der Waals surface area contributed by atoms with E-state index in [9.17, 15) is 0 Å². The molecule has 0 aromatic heterocycles. The van der Waals surface area contributed by atoms with E-state index < -0.39 is 0 Å². The lowest BCUT2D eigenvalue weighted by molar-refractivity contribution is 0.0912. The van der Waals surface area contributed by atoms with Gasteiger partial charge in [-0.15, -0.1) is 0 Å². The first kappa shape index (κ1) is 12.6. The fourth-order valence-electron chi connectivity index (χ4n) is 3.47. The normalized spacial score (nSPS) is 35.1. The molecule has 0 aromatic carbocycles. The molecule has 1 aliphatic carbocycles. The predicted octanol–water partition coefficient (Wildman–Crippen LogP) is 1.75. The lowest BCUT2D eigenvalue weighted by atomic mass is 10.0. The summed E-state index contributed by atoms with van der Waals surface area (Å²) in [5.74, 6) is 0.797. The van der Waals surface area contributed by atoms with Crippen LogP contribution >= 0.6 is 0 Å². The number of piperazine rings is 1. The third-order valence-corrected chi connectivity index (χ3v) is 4.65. The van der Waals surface area contributed by atoms with Gasteiger partial charge >= 0.3 is 0 Å². The number of allylic oxidation sites excluding steroid dienone is 1. The Hall–Kier alpha value is -0.380. The van der Waals surface area contributed by atoms with Gasteiger partial charge < -0.3 is 9.64 Å². The third-order valence-electron chi connectivity index (χ3n) is 4.65. The van der Waals surface area contributed by atoms with Crippen LogP contribution in [0.5, 0.6) is 0 Å². The first-order chi connectivity index (χ1) is 8.92. The number of hydrogen-bond acceptors (Lipinski definition) is 3. The quantitative estimate of drug-likeness (QED) is 0.710. The summed E-state index contributed by atoms with van der Waals surface area (Å²) in [6, 6.07) is 0.732. The first-order valence-electron chi connectivity index (χ1n) is 7.62. The number of ether oxygens (including phenoxy) is 1. The van der Waals surface area contributed by atoms with E-state index in [1.54, 1.807) is 0 Å². The summed E-state index contributed by atoms with van der Waals surface area (Å²) in [4.78, 5) is 5.32. The van der Waals surface area contributed by atoms with E-state index in [0.717, 1.165) is 25.2 Å². The second kappa shape index (κ2) is 6.18. The molecule has 2 atom stereocenters. The van der Waals surface area contributed by atoms with Gasteiger partial charge in [-0.2, -0.15) is 0 Å². The smallest absolute Gasteiger partial charge is 0.0507 e. The van der Waals surface area contributed by atoms with E-state index in [4.69, 9.17) is 4.74 Å². The first-order valence-corrected chi connectivity index (χ1v) is 7.62. The predicted molar refractivity (Wildman–Crippen MR) is 73.7 cm³/mol. The van der Waals surface area contributed by atoms with Crippen LogP contribution in [-0.2, 0) is 4.74 Å². The minimum atomic E-state index is 0.732. The Morgan fingerprint density at radius 1 is 1.11 bits per heavy atom. The zero-order valence-corrected chi connectivity index (χ0v) is 11.4. The molecule has 0 aromatic rings. The lowest BCUT2D eigenvalue weighted by Crippen LogP contribution is -2.51. The maximum atomic E-state index is 5.47. The van der Waals surface area contributed by atoms with Crippen molar-refractivity contribution in [3.8, 4) is 0 Å². The van der Waals surface area contributed by atoms with Crippen molar-refractivity contribution in [3.63, 3.8) is 0 Å². The molecule has 2 unspecified atom stereocenters. The topological polar surface area (TPSA) is 15.7 Å². The highest BCUT2D eigenvalue weighted by atomic mass is 16.5. The Balaban J connectivity index is 1.42. The van der Waals surface area contributed by atoms with Crippen molar-refractivity contribution in [3.05, 3.63) is 12.2 Å². The van der Waals surface area contributed by atoms with Crippen LogP contribution in [0.1, 0.15) is 25.7 Å². The molecule has 2 aliphatic heterocycles. The van der Waals surface area contributed by atoms with Gasteiger partial charge in [0.2, 0.25) is 0 Å². The third kappa shape index (κ3) is 3.14. The van der Waals surface area contributed by atoms with E-state index in [0.29, 0.717) is 0 Å². The molecule has 102 valence electrons. The van der Waals surface area contributed by atoms with Crippen LogP contribution in [0.4, 0.5) is 0 Å². The van der Waals surface area contributed by atoms with Gasteiger partial charge in [-0.25, -0.2) is 0 Å².